The topological polar surface area (TPSA) is 171 Å². The number of hydrogen-bond acceptors (Lipinski definition) is 10. The summed E-state index contributed by atoms with van der Waals surface area (Å²) >= 11 is 0. The van der Waals surface area contributed by atoms with Crippen LogP contribution in [0.25, 0.3) is 11.0 Å². The molecule has 2 fully saturated rings. The van der Waals surface area contributed by atoms with Crippen LogP contribution < -0.4 is 26.4 Å². The summed E-state index contributed by atoms with van der Waals surface area (Å²) in [7, 11) is 3.11. The molecule has 3 heterocycles. The van der Waals surface area contributed by atoms with Crippen molar-refractivity contribution in [2.45, 2.75) is 106 Å². The van der Waals surface area contributed by atoms with Gasteiger partial charge in [-0.3, -0.25) is 4.79 Å². The third kappa shape index (κ3) is 5.21. The molecule has 0 spiro atoms. The predicted molar refractivity (Wildman–Crippen MR) is 160 cm³/mol. The van der Waals surface area contributed by atoms with Gasteiger partial charge in [-0.05, 0) is 51.9 Å². The van der Waals surface area contributed by atoms with E-state index >= 15 is 0 Å². The second kappa shape index (κ2) is 11.3. The van der Waals surface area contributed by atoms with E-state index in [1.54, 1.807) is 21.6 Å². The lowest BCUT2D eigenvalue weighted by molar-refractivity contribution is -0.107. The molecule has 12 heteroatoms. The molecule has 5 atom stereocenters. The minimum atomic E-state index is -1.22. The molecule has 0 unspecified atom stereocenters. The zero-order valence-corrected chi connectivity index (χ0v) is 24.7. The molecule has 6 N–H and O–H groups in total. The van der Waals surface area contributed by atoms with Gasteiger partial charge in [-0.15, -0.1) is 0 Å². The lowest BCUT2D eigenvalue weighted by atomic mass is 9.74. The monoisotopic (exact) mass is 603 g/mol. The standard InChI is InChI=1S/C29H37N3O7S2/c1-29(36)9-4-7-16-20-24(39-27(16)29)18-13-41-40-12-14(32-28(30)31)11-19(34)23-17(8-10-33)22(35)21(25(18)38-23)26(20)37-15-5-2-3-6-15/h10,14-16,19,27,34,36H,2-9,11-13H2,1H3,(H4,30,31,32)/t14-,16-,19-,27+,29-/m1/s1. The van der Waals surface area contributed by atoms with Crippen LogP contribution in [0.5, 0.6) is 11.5 Å². The molecule has 0 amide bonds. The molecule has 2 aliphatic heterocycles. The van der Waals surface area contributed by atoms with Crippen LogP contribution in [0, 0.1) is 0 Å². The van der Waals surface area contributed by atoms with Gasteiger partial charge in [-0.2, -0.15) is 0 Å². The molecule has 2 aromatic rings. The van der Waals surface area contributed by atoms with Crippen LogP contribution in [0.4, 0.5) is 0 Å². The number of aliphatic imine (C=N–C) groups is 1. The Bertz CT molecular complexity index is 1430. The highest BCUT2D eigenvalue weighted by molar-refractivity contribution is 8.76. The number of carbonyl (C=O) groups excluding carboxylic acids is 1. The Kier molecular flexibility index (Phi) is 7.94. The first kappa shape index (κ1) is 28.7. The number of aliphatic hydroxyl groups excluding tert-OH is 1. The lowest BCUT2D eigenvalue weighted by Gasteiger charge is -2.37. The van der Waals surface area contributed by atoms with Crippen LogP contribution in [0.15, 0.2) is 14.2 Å². The number of ether oxygens (including phenoxy) is 2. The molecular weight excluding hydrogens is 566 g/mol. The van der Waals surface area contributed by atoms with E-state index in [9.17, 15) is 19.8 Å². The minimum absolute atomic E-state index is 0.0396. The Hall–Kier alpha value is -2.41. The van der Waals surface area contributed by atoms with Crippen LogP contribution in [0.1, 0.15) is 92.8 Å². The average molecular weight is 604 g/mol. The number of rotatable bonds is 5. The molecule has 0 saturated heterocycles. The van der Waals surface area contributed by atoms with Crippen LogP contribution in [-0.4, -0.2) is 52.1 Å². The Balaban J connectivity index is 1.63. The first-order valence-electron chi connectivity index (χ1n) is 14.4. The maximum Gasteiger partial charge on any atom is 0.200 e. The maximum atomic E-state index is 14.4. The minimum Gasteiger partial charge on any atom is -0.489 e. The first-order chi connectivity index (χ1) is 19.7. The van der Waals surface area contributed by atoms with Gasteiger partial charge in [0.15, 0.2) is 11.4 Å². The molecule has 10 nitrogen and oxygen atoms in total. The van der Waals surface area contributed by atoms with Crippen LogP contribution in [0.3, 0.4) is 0 Å². The van der Waals surface area contributed by atoms with E-state index in [0.29, 0.717) is 52.2 Å². The number of hydrogen-bond donors (Lipinski definition) is 4. The number of benzene rings is 1. The van der Waals surface area contributed by atoms with Crippen molar-refractivity contribution in [1.82, 2.24) is 0 Å². The molecule has 2 aliphatic carbocycles. The van der Waals surface area contributed by atoms with Gasteiger partial charge in [-0.25, -0.2) is 4.99 Å². The van der Waals surface area contributed by atoms with Gasteiger partial charge >= 0.3 is 0 Å². The lowest BCUT2D eigenvalue weighted by Crippen LogP contribution is -2.47. The van der Waals surface area contributed by atoms with Crippen LogP contribution in [0.2, 0.25) is 0 Å². The largest absolute Gasteiger partial charge is 0.489 e. The smallest absolute Gasteiger partial charge is 0.200 e. The van der Waals surface area contributed by atoms with Crippen molar-refractivity contribution in [3.8, 4) is 11.5 Å². The van der Waals surface area contributed by atoms with Gasteiger partial charge in [0.1, 0.15) is 46.7 Å². The summed E-state index contributed by atoms with van der Waals surface area (Å²) in [6.45, 7) is 1.81. The van der Waals surface area contributed by atoms with Crippen molar-refractivity contribution in [3.05, 3.63) is 32.7 Å². The highest BCUT2D eigenvalue weighted by Gasteiger charge is 2.51. The van der Waals surface area contributed by atoms with Gasteiger partial charge in [-0.1, -0.05) is 21.6 Å². The normalized spacial score (nSPS) is 29.8. The van der Waals surface area contributed by atoms with E-state index in [2.05, 4.69) is 4.99 Å². The number of fused-ring (bicyclic) bond motifs is 5. The molecule has 2 bridgehead atoms. The Labute approximate surface area is 246 Å². The molecule has 2 saturated carbocycles. The molecule has 4 aliphatic rings. The van der Waals surface area contributed by atoms with Gasteiger partial charge in [0, 0.05) is 47.0 Å². The SMILES string of the molecule is C[C@@]1(O)CCC[C@@H]2c3c(c4c5oc(c(CC=O)c(=O)c5c3OC3CCCC3)[C@H](O)C[C@@H](N=C(N)N)CSSC4)O[C@@H]21. The number of nitrogens with zero attached hydrogens (tertiary/aromatic N) is 1. The van der Waals surface area contributed by atoms with Gasteiger partial charge in [0.2, 0.25) is 0 Å². The molecule has 41 heavy (non-hydrogen) atoms. The number of aliphatic hydroxyl groups is 2. The van der Waals surface area contributed by atoms with E-state index in [-0.39, 0.29) is 47.6 Å². The number of carbonyl (C=O) groups is 1. The van der Waals surface area contributed by atoms with Crippen molar-refractivity contribution in [3.63, 3.8) is 0 Å². The van der Waals surface area contributed by atoms with E-state index in [0.717, 1.165) is 44.1 Å². The summed E-state index contributed by atoms with van der Waals surface area (Å²) in [4.78, 5) is 30.5. The van der Waals surface area contributed by atoms with Gasteiger partial charge in [0.25, 0.3) is 0 Å². The fraction of sp³-hybridized carbons (Fsp3) is 0.621. The number of nitrogens with two attached hydrogens (primary N) is 2. The molecule has 1 aromatic heterocycles. The molecule has 222 valence electrons. The quantitative estimate of drug-likeness (QED) is 0.170. The third-order valence-electron chi connectivity index (χ3n) is 8.85. The van der Waals surface area contributed by atoms with Crippen molar-refractivity contribution < 1.29 is 28.9 Å². The number of aldehydes is 1. The molecule has 0 radical (unpaired) electrons. The van der Waals surface area contributed by atoms with Crippen LogP contribution in [-0.2, 0) is 17.0 Å². The Morgan fingerprint density at radius 3 is 2.73 bits per heavy atom. The first-order valence-corrected chi connectivity index (χ1v) is 16.9. The van der Waals surface area contributed by atoms with Gasteiger partial charge < -0.3 is 40.4 Å². The van der Waals surface area contributed by atoms with Crippen molar-refractivity contribution in [2.24, 2.45) is 16.5 Å². The van der Waals surface area contributed by atoms with Gasteiger partial charge in [0.05, 0.1) is 17.7 Å². The fourth-order valence-electron chi connectivity index (χ4n) is 6.95. The summed E-state index contributed by atoms with van der Waals surface area (Å²) < 4.78 is 19.8. The molecule has 6 rings (SSSR count). The fourth-order valence-corrected chi connectivity index (χ4v) is 9.24. The maximum absolute atomic E-state index is 14.4. The van der Waals surface area contributed by atoms with Crippen LogP contribution >= 0.6 is 21.6 Å². The highest BCUT2D eigenvalue weighted by atomic mass is 33.1. The molecular formula is C29H37N3O7S2. The molecule has 1 aromatic carbocycles. The van der Waals surface area contributed by atoms with Crippen molar-refractivity contribution in [1.29, 1.82) is 0 Å². The predicted octanol–water partition coefficient (Wildman–Crippen LogP) is 3.60. The Morgan fingerprint density at radius 2 is 2.00 bits per heavy atom. The zero-order chi connectivity index (χ0) is 28.9. The summed E-state index contributed by atoms with van der Waals surface area (Å²) in [5, 5.41) is 23.0. The second-order valence-electron chi connectivity index (χ2n) is 11.8. The zero-order valence-electron chi connectivity index (χ0n) is 23.1. The van der Waals surface area contributed by atoms with E-state index in [1.165, 1.54) is 0 Å². The van der Waals surface area contributed by atoms with E-state index in [4.69, 9.17) is 25.4 Å². The summed E-state index contributed by atoms with van der Waals surface area (Å²) in [6, 6.07) is -0.431. The van der Waals surface area contributed by atoms with Crippen molar-refractivity contribution >= 4 is 44.8 Å². The van der Waals surface area contributed by atoms with Crippen molar-refractivity contribution in [2.75, 3.05) is 5.75 Å². The summed E-state index contributed by atoms with van der Waals surface area (Å²) in [5.41, 5.74) is 11.8. The Morgan fingerprint density at radius 1 is 1.22 bits per heavy atom. The van der Waals surface area contributed by atoms with E-state index in [1.807, 2.05) is 6.92 Å². The average Bonchev–Trinajstić information content (AvgIpc) is 3.56. The van der Waals surface area contributed by atoms with E-state index < -0.39 is 23.9 Å². The summed E-state index contributed by atoms with van der Waals surface area (Å²) in [5.74, 6) is 1.80. The highest BCUT2D eigenvalue weighted by Crippen LogP contribution is 2.57. The third-order valence-corrected chi connectivity index (χ3v) is 11.2. The number of guanidine groups is 1. The summed E-state index contributed by atoms with van der Waals surface area (Å²) in [6.07, 6.45) is 4.88. The second-order valence-corrected chi connectivity index (χ2v) is 14.3.